The van der Waals surface area contributed by atoms with E-state index in [4.69, 9.17) is 16.3 Å². The van der Waals surface area contributed by atoms with Gasteiger partial charge in [-0.2, -0.15) is 0 Å². The van der Waals surface area contributed by atoms with E-state index in [0.29, 0.717) is 5.02 Å². The molecular weight excluding hydrogens is 462 g/mol. The van der Waals surface area contributed by atoms with Crippen molar-refractivity contribution >= 4 is 17.7 Å². The molecule has 8 heteroatoms. The molecule has 34 heavy (non-hydrogen) atoms. The van der Waals surface area contributed by atoms with E-state index in [1.165, 1.54) is 23.1 Å². The summed E-state index contributed by atoms with van der Waals surface area (Å²) in [5.41, 5.74) is 1.49. The second kappa shape index (κ2) is 11.0. The van der Waals surface area contributed by atoms with E-state index in [-0.39, 0.29) is 38.3 Å². The maximum atomic E-state index is 14.4. The van der Waals surface area contributed by atoms with Crippen molar-refractivity contribution in [1.82, 2.24) is 9.80 Å². The molecule has 3 aromatic carbocycles. The van der Waals surface area contributed by atoms with Crippen LogP contribution in [0.1, 0.15) is 16.7 Å². The number of aliphatic hydroxyl groups is 1. The molecule has 5 nitrogen and oxygen atoms in total. The number of halogens is 3. The van der Waals surface area contributed by atoms with Crippen LogP contribution in [0.5, 0.6) is 0 Å². The summed E-state index contributed by atoms with van der Waals surface area (Å²) >= 11 is 6.33. The van der Waals surface area contributed by atoms with Crippen LogP contribution in [0, 0.1) is 11.6 Å². The topological polar surface area (TPSA) is 53.0 Å². The lowest BCUT2D eigenvalue weighted by Crippen LogP contribution is -2.43. The third-order valence-electron chi connectivity index (χ3n) is 5.95. The minimum absolute atomic E-state index is 0.0526. The van der Waals surface area contributed by atoms with Crippen LogP contribution in [0.2, 0.25) is 5.02 Å². The number of rotatable bonds is 7. The molecule has 1 fully saturated rings. The highest BCUT2D eigenvalue weighted by molar-refractivity contribution is 6.31. The lowest BCUT2D eigenvalue weighted by Gasteiger charge is -2.31. The fraction of sp³-hybridized carbons (Fsp3) is 0.269. The number of hydrogen-bond donors (Lipinski definition) is 1. The second-order valence-electron chi connectivity index (χ2n) is 8.28. The minimum atomic E-state index is -0.929. The van der Waals surface area contributed by atoms with Gasteiger partial charge in [0.25, 0.3) is 0 Å². The maximum Gasteiger partial charge on any atom is 0.410 e. The molecular formula is C26H25ClF2N2O3. The summed E-state index contributed by atoms with van der Waals surface area (Å²) in [6.45, 7) is 0.452. The molecule has 0 saturated carbocycles. The van der Waals surface area contributed by atoms with Gasteiger partial charge in [0.05, 0.1) is 18.7 Å². The van der Waals surface area contributed by atoms with E-state index in [9.17, 15) is 18.7 Å². The molecule has 1 saturated heterocycles. The third kappa shape index (κ3) is 5.73. The molecule has 1 N–H and O–H groups in total. The number of amides is 1. The Kier molecular flexibility index (Phi) is 7.77. The number of benzene rings is 3. The Hall–Kier alpha value is -3.00. The molecule has 1 amide bonds. The third-order valence-corrected chi connectivity index (χ3v) is 6.31. The van der Waals surface area contributed by atoms with Gasteiger partial charge < -0.3 is 14.7 Å². The van der Waals surface area contributed by atoms with Gasteiger partial charge in [-0.3, -0.25) is 4.90 Å². The van der Waals surface area contributed by atoms with Gasteiger partial charge in [-0.25, -0.2) is 13.6 Å². The van der Waals surface area contributed by atoms with Crippen LogP contribution in [-0.4, -0.2) is 46.2 Å². The van der Waals surface area contributed by atoms with E-state index in [0.717, 1.165) is 11.1 Å². The largest absolute Gasteiger partial charge is 0.445 e. The fourth-order valence-corrected chi connectivity index (χ4v) is 4.31. The Morgan fingerprint density at radius 3 is 2.35 bits per heavy atom. The van der Waals surface area contributed by atoms with Crippen molar-refractivity contribution in [2.75, 3.05) is 13.1 Å². The van der Waals surface area contributed by atoms with E-state index in [1.54, 1.807) is 17.0 Å². The second-order valence-corrected chi connectivity index (χ2v) is 8.68. The number of nitrogens with zero attached hydrogens (tertiary/aromatic N) is 2. The zero-order valence-corrected chi connectivity index (χ0v) is 19.2. The van der Waals surface area contributed by atoms with Crippen molar-refractivity contribution < 1.29 is 23.4 Å². The number of likely N-dealkylation sites (tertiary alicyclic amines) is 1. The zero-order valence-electron chi connectivity index (χ0n) is 18.4. The monoisotopic (exact) mass is 486 g/mol. The van der Waals surface area contributed by atoms with Crippen molar-refractivity contribution in [3.63, 3.8) is 0 Å². The lowest BCUT2D eigenvalue weighted by atomic mass is 10.1. The quantitative estimate of drug-likeness (QED) is 0.510. The summed E-state index contributed by atoms with van der Waals surface area (Å²) < 4.78 is 34.3. The summed E-state index contributed by atoms with van der Waals surface area (Å²) in [7, 11) is 0. The molecule has 0 unspecified atom stereocenters. The van der Waals surface area contributed by atoms with Crippen molar-refractivity contribution in [2.45, 2.75) is 31.8 Å². The highest BCUT2D eigenvalue weighted by Gasteiger charge is 2.39. The number of carbonyl (C=O) groups excluding carboxylic acids is 1. The summed E-state index contributed by atoms with van der Waals surface area (Å²) in [5.74, 6) is -1.34. The first kappa shape index (κ1) is 24.1. The Balaban J connectivity index is 1.51. The maximum absolute atomic E-state index is 14.4. The predicted octanol–water partition coefficient (Wildman–Crippen LogP) is 5.00. The van der Waals surface area contributed by atoms with Crippen LogP contribution in [0.3, 0.4) is 0 Å². The summed E-state index contributed by atoms with van der Waals surface area (Å²) in [5, 5.41) is 11.3. The van der Waals surface area contributed by atoms with Crippen LogP contribution < -0.4 is 0 Å². The zero-order chi connectivity index (χ0) is 24.1. The SMILES string of the molecule is O=C(OCc1ccccc1)N1C[C@@H](O)[C@H](N(Cc2ccccc2Cl)Cc2c(F)cccc2F)C1. The van der Waals surface area contributed by atoms with Gasteiger partial charge in [-0.05, 0) is 29.3 Å². The first-order chi connectivity index (χ1) is 16.4. The number of hydrogen-bond acceptors (Lipinski definition) is 4. The molecule has 1 heterocycles. The van der Waals surface area contributed by atoms with Crippen LogP contribution >= 0.6 is 11.6 Å². The highest BCUT2D eigenvalue weighted by atomic mass is 35.5. The number of carbonyl (C=O) groups is 1. The Labute approximate surface area is 202 Å². The molecule has 1 aliphatic heterocycles. The van der Waals surface area contributed by atoms with Crippen LogP contribution in [-0.2, 0) is 24.4 Å². The molecule has 0 radical (unpaired) electrons. The number of β-amino-alcohol motifs (C(OH)–C–C–N with tert-alkyl or cyclic N) is 1. The summed E-state index contributed by atoms with van der Waals surface area (Å²) in [4.78, 5) is 15.8. The predicted molar refractivity (Wildman–Crippen MR) is 125 cm³/mol. The summed E-state index contributed by atoms with van der Waals surface area (Å²) in [6, 6.07) is 19.6. The van der Waals surface area contributed by atoms with E-state index in [2.05, 4.69) is 0 Å². The molecule has 0 spiro atoms. The average Bonchev–Trinajstić information content (AvgIpc) is 3.22. The number of aliphatic hydroxyl groups excluding tert-OH is 1. The van der Waals surface area contributed by atoms with Crippen molar-refractivity contribution in [1.29, 1.82) is 0 Å². The lowest BCUT2D eigenvalue weighted by molar-refractivity contribution is 0.0713. The van der Waals surface area contributed by atoms with E-state index >= 15 is 0 Å². The van der Waals surface area contributed by atoms with Gasteiger partial charge in [0.15, 0.2) is 0 Å². The van der Waals surface area contributed by atoms with Gasteiger partial charge in [-0.15, -0.1) is 0 Å². The van der Waals surface area contributed by atoms with Crippen LogP contribution in [0.25, 0.3) is 0 Å². The van der Waals surface area contributed by atoms with Crippen molar-refractivity contribution in [3.8, 4) is 0 Å². The van der Waals surface area contributed by atoms with E-state index in [1.807, 2.05) is 42.5 Å². The van der Waals surface area contributed by atoms with Crippen LogP contribution in [0.4, 0.5) is 13.6 Å². The van der Waals surface area contributed by atoms with Gasteiger partial charge in [0.2, 0.25) is 0 Å². The Morgan fingerprint density at radius 2 is 1.65 bits per heavy atom. The van der Waals surface area contributed by atoms with Crippen LogP contribution in [0.15, 0.2) is 72.8 Å². The first-order valence-corrected chi connectivity index (χ1v) is 11.3. The Bertz CT molecular complexity index is 1110. The van der Waals surface area contributed by atoms with Gasteiger partial charge in [0.1, 0.15) is 18.2 Å². The van der Waals surface area contributed by atoms with Crippen molar-refractivity contribution in [3.05, 3.63) is 106 Å². The molecule has 0 bridgehead atoms. The highest BCUT2D eigenvalue weighted by Crippen LogP contribution is 2.26. The van der Waals surface area contributed by atoms with Gasteiger partial charge >= 0.3 is 6.09 Å². The molecule has 3 aromatic rings. The normalized spacial score (nSPS) is 17.9. The molecule has 2 atom stereocenters. The molecule has 4 rings (SSSR count). The molecule has 0 aromatic heterocycles. The minimum Gasteiger partial charge on any atom is -0.445 e. The van der Waals surface area contributed by atoms with Crippen molar-refractivity contribution in [2.24, 2.45) is 0 Å². The van der Waals surface area contributed by atoms with E-state index < -0.39 is 29.9 Å². The van der Waals surface area contributed by atoms with Gasteiger partial charge in [0, 0.05) is 30.2 Å². The Morgan fingerprint density at radius 1 is 0.971 bits per heavy atom. The molecule has 178 valence electrons. The molecule has 0 aliphatic carbocycles. The summed E-state index contributed by atoms with van der Waals surface area (Å²) in [6.07, 6.45) is -1.48. The molecule has 1 aliphatic rings. The average molecular weight is 487 g/mol. The smallest absolute Gasteiger partial charge is 0.410 e. The first-order valence-electron chi connectivity index (χ1n) is 11.0. The van der Waals surface area contributed by atoms with Gasteiger partial charge in [-0.1, -0.05) is 66.2 Å². The fourth-order valence-electron chi connectivity index (χ4n) is 4.11. The number of ether oxygens (including phenoxy) is 1. The standard InChI is InChI=1S/C26H25ClF2N2O3/c27-21-10-5-4-9-19(21)13-30(14-20-22(28)11-6-12-23(20)29)24-15-31(16-25(24)32)26(33)34-17-18-7-2-1-3-8-18/h1-12,24-25,32H,13-17H2/t24-,25-/m1/s1.